The zero-order chi connectivity index (χ0) is 29.5. The molecule has 0 atom stereocenters. The third-order valence-corrected chi connectivity index (χ3v) is 8.16. The van der Waals surface area contributed by atoms with Gasteiger partial charge in [0.15, 0.2) is 11.3 Å². The van der Waals surface area contributed by atoms with Gasteiger partial charge in [0.05, 0.1) is 33.1 Å². The average molecular weight is 776 g/mol. The van der Waals surface area contributed by atoms with E-state index in [2.05, 4.69) is 64.3 Å². The zero-order valence-corrected chi connectivity index (χ0v) is 26.1. The van der Waals surface area contributed by atoms with Crippen LogP contribution in [0.25, 0.3) is 67.3 Å². The maximum atomic E-state index is 6.41. The summed E-state index contributed by atoms with van der Waals surface area (Å²) >= 11 is 0. The molecule has 6 heterocycles. The summed E-state index contributed by atoms with van der Waals surface area (Å²) in [4.78, 5) is 18.7. The van der Waals surface area contributed by atoms with Crippen molar-refractivity contribution in [2.24, 2.45) is 0 Å². The molecule has 10 heteroatoms. The van der Waals surface area contributed by atoms with Crippen LogP contribution in [0, 0.1) is 12.1 Å². The monoisotopic (exact) mass is 775 g/mol. The van der Waals surface area contributed by atoms with E-state index in [1.807, 2.05) is 84.9 Å². The van der Waals surface area contributed by atoms with Gasteiger partial charge >= 0.3 is 21.1 Å². The van der Waals surface area contributed by atoms with Crippen LogP contribution in [0.1, 0.15) is 0 Å². The molecule has 10 rings (SSSR count). The molecule has 0 N–H and O–H groups in total. The summed E-state index contributed by atoms with van der Waals surface area (Å²) in [6.07, 6.45) is 3.53. The number of benzene rings is 4. The van der Waals surface area contributed by atoms with Crippen molar-refractivity contribution in [2.45, 2.75) is 0 Å². The molecule has 0 fully saturated rings. The van der Waals surface area contributed by atoms with Crippen molar-refractivity contribution in [1.29, 1.82) is 0 Å². The first-order chi connectivity index (χ1) is 22.3. The van der Waals surface area contributed by atoms with Gasteiger partial charge in [0, 0.05) is 23.9 Å². The molecule has 0 unspecified atom stereocenters. The number of hydrogen-bond acceptors (Lipinski definition) is 5. The van der Waals surface area contributed by atoms with Crippen LogP contribution in [0.5, 0.6) is 11.5 Å². The molecule has 0 aliphatic heterocycles. The Balaban J connectivity index is 0.00000292. The van der Waals surface area contributed by atoms with Gasteiger partial charge in [-0.15, -0.1) is 36.4 Å². The minimum absolute atomic E-state index is 0. The van der Waals surface area contributed by atoms with Crippen molar-refractivity contribution in [1.82, 2.24) is 37.9 Å². The summed E-state index contributed by atoms with van der Waals surface area (Å²) in [5, 5.41) is 0. The molecule has 46 heavy (non-hydrogen) atoms. The Labute approximate surface area is 275 Å². The van der Waals surface area contributed by atoms with E-state index in [0.29, 0.717) is 22.8 Å². The molecule has 0 saturated carbocycles. The Hall–Kier alpha value is -5.79. The van der Waals surface area contributed by atoms with Crippen LogP contribution < -0.4 is 4.74 Å². The fourth-order valence-electron chi connectivity index (χ4n) is 6.32. The molecule has 0 bridgehead atoms. The second-order valence-corrected chi connectivity index (χ2v) is 10.7. The van der Waals surface area contributed by atoms with Crippen LogP contribution >= 0.6 is 0 Å². The minimum atomic E-state index is 0. The van der Waals surface area contributed by atoms with Gasteiger partial charge in [-0.25, -0.2) is 9.97 Å². The molecular weight excluding hydrogens is 756 g/mol. The fourth-order valence-corrected chi connectivity index (χ4v) is 6.32. The number of pyridine rings is 2. The van der Waals surface area contributed by atoms with Crippen molar-refractivity contribution in [3.05, 3.63) is 134 Å². The van der Waals surface area contributed by atoms with Crippen LogP contribution in [0.2, 0.25) is 0 Å². The number of nitrogens with zero attached hydrogens (tertiary/aromatic N) is 8. The normalized spacial score (nSPS) is 11.7. The van der Waals surface area contributed by atoms with Crippen LogP contribution in [0.15, 0.2) is 122 Å². The van der Waals surface area contributed by atoms with Crippen molar-refractivity contribution < 1.29 is 25.8 Å². The van der Waals surface area contributed by atoms with E-state index in [0.717, 1.165) is 56.0 Å². The van der Waals surface area contributed by atoms with Gasteiger partial charge in [0.1, 0.15) is 0 Å². The Morgan fingerprint density at radius 2 is 0.891 bits per heavy atom. The summed E-state index contributed by atoms with van der Waals surface area (Å²) in [5.41, 5.74) is 9.00. The molecule has 0 aliphatic rings. The number of hydrogen-bond donors (Lipinski definition) is 0. The zero-order valence-electron chi connectivity index (χ0n) is 23.8. The van der Waals surface area contributed by atoms with Crippen molar-refractivity contribution >= 4 is 55.9 Å². The fraction of sp³-hybridized carbons (Fsp3) is 0. The van der Waals surface area contributed by atoms with E-state index >= 15 is 0 Å². The Bertz CT molecular complexity index is 2580. The second kappa shape index (κ2) is 10.1. The molecule has 0 radical (unpaired) electrons. The quantitative estimate of drug-likeness (QED) is 0.175. The van der Waals surface area contributed by atoms with Crippen LogP contribution in [0.4, 0.5) is 0 Å². The molecule has 10 aromatic rings. The Morgan fingerprint density at radius 3 is 1.37 bits per heavy atom. The minimum Gasteiger partial charge on any atom is -0.509 e. The smallest absolute Gasteiger partial charge is 0.509 e. The van der Waals surface area contributed by atoms with E-state index in [1.165, 1.54) is 0 Å². The molecular formula is C36H20N8OPt. The summed E-state index contributed by atoms with van der Waals surface area (Å²) < 4.78 is 14.8. The number of fused-ring (bicyclic) bond motifs is 10. The molecule has 220 valence electrons. The van der Waals surface area contributed by atoms with Gasteiger partial charge < -0.3 is 13.9 Å². The first kappa shape index (κ1) is 26.6. The van der Waals surface area contributed by atoms with E-state index < -0.39 is 0 Å². The number of ether oxygens (including phenoxy) is 1. The van der Waals surface area contributed by atoms with Crippen molar-refractivity contribution in [3.63, 3.8) is 0 Å². The van der Waals surface area contributed by atoms with Crippen LogP contribution in [-0.2, 0) is 21.1 Å². The summed E-state index contributed by atoms with van der Waals surface area (Å²) in [5.74, 6) is 2.64. The van der Waals surface area contributed by atoms with Gasteiger partial charge in [0.2, 0.25) is 11.6 Å². The number of rotatable bonds is 4. The predicted molar refractivity (Wildman–Crippen MR) is 172 cm³/mol. The van der Waals surface area contributed by atoms with Gasteiger partial charge in [-0.2, -0.15) is 22.1 Å². The van der Waals surface area contributed by atoms with E-state index in [4.69, 9.17) is 14.7 Å². The molecule has 0 aliphatic carbocycles. The second-order valence-electron chi connectivity index (χ2n) is 10.7. The first-order valence-electron chi connectivity index (χ1n) is 14.5. The molecule has 0 amide bonds. The van der Waals surface area contributed by atoms with E-state index in [9.17, 15) is 0 Å². The van der Waals surface area contributed by atoms with Gasteiger partial charge in [-0.1, -0.05) is 35.6 Å². The Kier molecular flexibility index (Phi) is 5.85. The molecule has 9 nitrogen and oxygen atoms in total. The van der Waals surface area contributed by atoms with Crippen LogP contribution in [0.3, 0.4) is 0 Å². The van der Waals surface area contributed by atoms with Crippen molar-refractivity contribution in [3.8, 4) is 22.9 Å². The molecule has 4 aromatic carbocycles. The maximum absolute atomic E-state index is 6.41. The maximum Gasteiger partial charge on any atom is 2.00 e. The van der Waals surface area contributed by atoms with Gasteiger partial charge in [-0.3, -0.25) is 8.80 Å². The average Bonchev–Trinajstić information content (AvgIpc) is 3.81. The van der Waals surface area contributed by atoms with Crippen LogP contribution in [-0.4, -0.2) is 37.9 Å². The SMILES string of the molecule is [Pt+2].[c-]1c(Oc2[c-]c(-n3c4ccccc4n4c5cccnc5nc34)ccc2)cccc1-n1c2ccccc2n2c3cccnc3nc12. The summed E-state index contributed by atoms with van der Waals surface area (Å²) in [6.45, 7) is 0. The number of para-hydroxylation sites is 4. The molecule has 0 spiro atoms. The van der Waals surface area contributed by atoms with Crippen molar-refractivity contribution in [2.75, 3.05) is 0 Å². The Morgan fingerprint density at radius 1 is 0.457 bits per heavy atom. The largest absolute Gasteiger partial charge is 2.00 e. The molecule has 6 aromatic heterocycles. The topological polar surface area (TPSA) is 79.5 Å². The number of aromatic nitrogens is 8. The van der Waals surface area contributed by atoms with E-state index in [1.54, 1.807) is 12.4 Å². The summed E-state index contributed by atoms with van der Waals surface area (Å²) in [7, 11) is 0. The number of imidazole rings is 4. The van der Waals surface area contributed by atoms with Gasteiger partial charge in [-0.05, 0) is 48.5 Å². The molecule has 0 saturated heterocycles. The third-order valence-electron chi connectivity index (χ3n) is 8.16. The third kappa shape index (κ3) is 3.79. The van der Waals surface area contributed by atoms with Gasteiger partial charge in [0.25, 0.3) is 0 Å². The standard InChI is InChI=1S/C36H20N8O.Pt/c1-3-15-29-27(13-1)41(35-39-33-31(43(29)35)17-7-19-37-33)23-9-5-11-25(21-23)45-26-12-6-10-24(22-26)42-28-14-2-4-16-30(28)44-32-18-8-20-38-34(32)40-36(42)44;/h1-20H;/q-2;+2. The first-order valence-corrected chi connectivity index (χ1v) is 14.5. The summed E-state index contributed by atoms with van der Waals surface area (Å²) in [6, 6.07) is 43.1. The predicted octanol–water partition coefficient (Wildman–Crippen LogP) is 7.36. The van der Waals surface area contributed by atoms with E-state index in [-0.39, 0.29) is 21.1 Å².